The molecule has 0 radical (unpaired) electrons. The van der Waals surface area contributed by atoms with E-state index in [0.717, 1.165) is 18.4 Å². The van der Waals surface area contributed by atoms with Gasteiger partial charge in [0, 0.05) is 6.92 Å². The zero-order valence-corrected chi connectivity index (χ0v) is 10.3. The van der Waals surface area contributed by atoms with Gasteiger partial charge >= 0.3 is 5.97 Å². The maximum atomic E-state index is 11.2. The summed E-state index contributed by atoms with van der Waals surface area (Å²) in [5.41, 5.74) is 2.12. The van der Waals surface area contributed by atoms with Crippen molar-refractivity contribution in [2.45, 2.75) is 38.1 Å². The third kappa shape index (κ3) is 3.09. The molecule has 1 aliphatic carbocycles. The van der Waals surface area contributed by atoms with Gasteiger partial charge in [-0.3, -0.25) is 9.59 Å². The van der Waals surface area contributed by atoms with Crippen molar-refractivity contribution in [1.29, 1.82) is 0 Å². The Morgan fingerprint density at radius 3 is 2.61 bits per heavy atom. The number of carboxylic acid groups (broad SMARTS) is 1. The summed E-state index contributed by atoms with van der Waals surface area (Å²) in [6.45, 7) is 1.41. The van der Waals surface area contributed by atoms with Gasteiger partial charge < -0.3 is 10.4 Å². The Kier molecular flexibility index (Phi) is 3.65. The van der Waals surface area contributed by atoms with Crippen molar-refractivity contribution in [2.75, 3.05) is 0 Å². The molecule has 0 saturated heterocycles. The minimum absolute atomic E-state index is 0.0800. The van der Waals surface area contributed by atoms with Crippen molar-refractivity contribution in [3.8, 4) is 0 Å². The second kappa shape index (κ2) is 5.21. The lowest BCUT2D eigenvalue weighted by Crippen LogP contribution is -2.28. The Balaban J connectivity index is 2.28. The highest BCUT2D eigenvalue weighted by atomic mass is 16.4. The summed E-state index contributed by atoms with van der Waals surface area (Å²) < 4.78 is 0. The molecule has 1 fully saturated rings. The molecule has 1 aromatic rings. The summed E-state index contributed by atoms with van der Waals surface area (Å²) in [5, 5.41) is 11.7. The van der Waals surface area contributed by atoms with E-state index in [1.807, 2.05) is 24.3 Å². The first kappa shape index (κ1) is 12.6. The third-order valence-electron chi connectivity index (χ3n) is 3.14. The number of nitrogens with one attached hydrogen (secondary N) is 1. The van der Waals surface area contributed by atoms with Crippen LogP contribution in [0.2, 0.25) is 0 Å². The molecule has 0 bridgehead atoms. The van der Waals surface area contributed by atoms with Crippen LogP contribution in [-0.2, 0) is 9.59 Å². The molecule has 1 unspecified atom stereocenters. The molecule has 1 atom stereocenters. The Labute approximate surface area is 106 Å². The minimum atomic E-state index is -0.903. The zero-order valence-electron chi connectivity index (χ0n) is 10.3. The van der Waals surface area contributed by atoms with Crippen LogP contribution in [0.1, 0.15) is 49.3 Å². The van der Waals surface area contributed by atoms with Crippen LogP contribution in [0.25, 0.3) is 0 Å². The molecule has 0 aliphatic heterocycles. The van der Waals surface area contributed by atoms with Gasteiger partial charge in [0.15, 0.2) is 0 Å². The van der Waals surface area contributed by atoms with E-state index in [1.54, 1.807) is 0 Å². The number of amides is 1. The number of aliphatic carboxylic acids is 1. The normalized spacial score (nSPS) is 16.1. The SMILES string of the molecule is CC(=O)NC(CC(=O)O)c1ccccc1C1CC1. The van der Waals surface area contributed by atoms with Gasteiger partial charge in [-0.05, 0) is 29.9 Å². The van der Waals surface area contributed by atoms with Crippen LogP contribution in [0.15, 0.2) is 24.3 Å². The van der Waals surface area contributed by atoms with Crippen molar-refractivity contribution >= 4 is 11.9 Å². The number of hydrogen-bond acceptors (Lipinski definition) is 2. The lowest BCUT2D eigenvalue weighted by Gasteiger charge is -2.19. The average Bonchev–Trinajstić information content (AvgIpc) is 3.10. The number of benzene rings is 1. The van der Waals surface area contributed by atoms with Crippen LogP contribution in [0, 0.1) is 0 Å². The van der Waals surface area contributed by atoms with E-state index in [2.05, 4.69) is 5.32 Å². The van der Waals surface area contributed by atoms with E-state index in [0.29, 0.717) is 5.92 Å². The summed E-state index contributed by atoms with van der Waals surface area (Å²) in [7, 11) is 0. The van der Waals surface area contributed by atoms with Gasteiger partial charge in [-0.15, -0.1) is 0 Å². The smallest absolute Gasteiger partial charge is 0.305 e. The Morgan fingerprint density at radius 1 is 1.39 bits per heavy atom. The van der Waals surface area contributed by atoms with Gasteiger partial charge in [0.25, 0.3) is 0 Å². The molecule has 96 valence electrons. The molecule has 0 aromatic heterocycles. The van der Waals surface area contributed by atoms with Crippen LogP contribution in [-0.4, -0.2) is 17.0 Å². The molecule has 4 nitrogen and oxygen atoms in total. The molecule has 4 heteroatoms. The maximum absolute atomic E-state index is 11.2. The molecule has 0 heterocycles. The van der Waals surface area contributed by atoms with Crippen LogP contribution in [0.3, 0.4) is 0 Å². The summed E-state index contributed by atoms with van der Waals surface area (Å²) in [6, 6.07) is 7.36. The van der Waals surface area contributed by atoms with E-state index >= 15 is 0 Å². The second-order valence-electron chi connectivity index (χ2n) is 4.75. The Bertz CT molecular complexity index is 450. The fourth-order valence-electron chi connectivity index (χ4n) is 2.25. The average molecular weight is 247 g/mol. The minimum Gasteiger partial charge on any atom is -0.481 e. The highest BCUT2D eigenvalue weighted by Crippen LogP contribution is 2.43. The predicted molar refractivity (Wildman–Crippen MR) is 67.2 cm³/mol. The van der Waals surface area contributed by atoms with E-state index in [9.17, 15) is 9.59 Å². The number of carboxylic acids is 1. The van der Waals surface area contributed by atoms with Crippen LogP contribution >= 0.6 is 0 Å². The fraction of sp³-hybridized carbons (Fsp3) is 0.429. The molecular formula is C14H17NO3. The van der Waals surface area contributed by atoms with E-state index in [4.69, 9.17) is 5.11 Å². The Hall–Kier alpha value is -1.84. The summed E-state index contributed by atoms with van der Waals surface area (Å²) in [4.78, 5) is 22.1. The molecular weight excluding hydrogens is 230 g/mol. The van der Waals surface area contributed by atoms with Crippen LogP contribution in [0.5, 0.6) is 0 Å². The van der Waals surface area contributed by atoms with Gasteiger partial charge in [0.1, 0.15) is 0 Å². The molecule has 18 heavy (non-hydrogen) atoms. The standard InChI is InChI=1S/C14H17NO3/c1-9(16)15-13(8-14(17)18)12-5-3-2-4-11(12)10-6-7-10/h2-5,10,13H,6-8H2,1H3,(H,15,16)(H,17,18). The molecule has 1 saturated carbocycles. The first-order valence-corrected chi connectivity index (χ1v) is 6.15. The second-order valence-corrected chi connectivity index (χ2v) is 4.75. The van der Waals surface area contributed by atoms with Gasteiger partial charge in [0.2, 0.25) is 5.91 Å². The first-order chi connectivity index (χ1) is 8.58. The summed E-state index contributed by atoms with van der Waals surface area (Å²) in [5.74, 6) is -0.572. The van der Waals surface area contributed by atoms with Gasteiger partial charge in [0.05, 0.1) is 12.5 Å². The van der Waals surface area contributed by atoms with Crippen molar-refractivity contribution in [3.63, 3.8) is 0 Å². The molecule has 1 aliphatic rings. The maximum Gasteiger partial charge on any atom is 0.305 e. The Morgan fingerprint density at radius 2 is 2.06 bits per heavy atom. The van der Waals surface area contributed by atoms with Crippen molar-refractivity contribution in [1.82, 2.24) is 5.32 Å². The highest BCUT2D eigenvalue weighted by Gasteiger charge is 2.29. The lowest BCUT2D eigenvalue weighted by molar-refractivity contribution is -0.137. The zero-order chi connectivity index (χ0) is 13.1. The van der Waals surface area contributed by atoms with E-state index in [-0.39, 0.29) is 12.3 Å². The van der Waals surface area contributed by atoms with E-state index < -0.39 is 12.0 Å². The fourth-order valence-corrected chi connectivity index (χ4v) is 2.25. The molecule has 2 N–H and O–H groups in total. The molecule has 1 aromatic carbocycles. The lowest BCUT2D eigenvalue weighted by atomic mass is 9.95. The summed E-state index contributed by atoms with van der Waals surface area (Å²) in [6.07, 6.45) is 2.22. The highest BCUT2D eigenvalue weighted by molar-refractivity contribution is 5.75. The molecule has 1 amide bonds. The predicted octanol–water partition coefficient (Wildman–Crippen LogP) is 2.22. The van der Waals surface area contributed by atoms with Gasteiger partial charge in [-0.25, -0.2) is 0 Å². The van der Waals surface area contributed by atoms with Crippen molar-refractivity contribution in [2.24, 2.45) is 0 Å². The first-order valence-electron chi connectivity index (χ1n) is 6.15. The topological polar surface area (TPSA) is 66.4 Å². The third-order valence-corrected chi connectivity index (χ3v) is 3.14. The number of rotatable bonds is 5. The summed E-state index contributed by atoms with van der Waals surface area (Å²) >= 11 is 0. The van der Waals surface area contributed by atoms with Crippen molar-refractivity contribution in [3.05, 3.63) is 35.4 Å². The number of hydrogen-bond donors (Lipinski definition) is 2. The number of carbonyl (C=O) groups is 2. The van der Waals surface area contributed by atoms with Crippen LogP contribution in [0.4, 0.5) is 0 Å². The monoisotopic (exact) mass is 247 g/mol. The van der Waals surface area contributed by atoms with Gasteiger partial charge in [-0.2, -0.15) is 0 Å². The number of carbonyl (C=O) groups excluding carboxylic acids is 1. The van der Waals surface area contributed by atoms with Crippen molar-refractivity contribution < 1.29 is 14.7 Å². The molecule has 0 spiro atoms. The molecule has 2 rings (SSSR count). The van der Waals surface area contributed by atoms with Crippen LogP contribution < -0.4 is 5.32 Å². The quantitative estimate of drug-likeness (QED) is 0.838. The van der Waals surface area contributed by atoms with E-state index in [1.165, 1.54) is 12.5 Å². The largest absolute Gasteiger partial charge is 0.481 e. The van der Waals surface area contributed by atoms with Gasteiger partial charge in [-0.1, -0.05) is 24.3 Å².